The Morgan fingerprint density at radius 1 is 1.34 bits per heavy atom. The van der Waals surface area contributed by atoms with Gasteiger partial charge in [0, 0.05) is 49.4 Å². The van der Waals surface area contributed by atoms with Crippen LogP contribution in [0.5, 0.6) is 0 Å². The largest absolute Gasteiger partial charge is 0.464 e. The summed E-state index contributed by atoms with van der Waals surface area (Å²) in [5, 5.41) is 4.56. The van der Waals surface area contributed by atoms with Crippen LogP contribution in [0, 0.1) is 5.82 Å². The van der Waals surface area contributed by atoms with E-state index in [1.807, 2.05) is 0 Å². The zero-order valence-corrected chi connectivity index (χ0v) is 17.3. The molecule has 2 aromatic heterocycles. The van der Waals surface area contributed by atoms with Crippen molar-refractivity contribution in [2.24, 2.45) is 7.05 Å². The van der Waals surface area contributed by atoms with Crippen LogP contribution in [0.3, 0.4) is 0 Å². The van der Waals surface area contributed by atoms with Gasteiger partial charge in [0.2, 0.25) is 0 Å². The highest BCUT2D eigenvalue weighted by Gasteiger charge is 2.43. The fourth-order valence-corrected chi connectivity index (χ4v) is 3.72. The molecule has 0 amide bonds. The normalized spacial score (nSPS) is 17.6. The Bertz CT molecular complexity index is 1160. The van der Waals surface area contributed by atoms with E-state index in [9.17, 15) is 18.0 Å². The Balaban J connectivity index is 1.75. The molecule has 32 heavy (non-hydrogen) atoms. The molecule has 0 aliphatic carbocycles. The first-order valence-electron chi connectivity index (χ1n) is 9.77. The second kappa shape index (κ2) is 8.47. The fourth-order valence-electron chi connectivity index (χ4n) is 3.72. The molecule has 4 rings (SSSR count). The van der Waals surface area contributed by atoms with E-state index in [0.29, 0.717) is 16.5 Å². The molecule has 1 saturated heterocycles. The number of pyridine rings is 1. The minimum atomic E-state index is -4.49. The van der Waals surface area contributed by atoms with Crippen molar-refractivity contribution >= 4 is 16.9 Å². The lowest BCUT2D eigenvalue weighted by atomic mass is 10.0. The summed E-state index contributed by atoms with van der Waals surface area (Å²) in [4.78, 5) is 17.8. The van der Waals surface area contributed by atoms with Crippen molar-refractivity contribution in [3.63, 3.8) is 0 Å². The third-order valence-corrected chi connectivity index (χ3v) is 5.32. The number of morpholine rings is 1. The summed E-state index contributed by atoms with van der Waals surface area (Å²) in [6, 6.07) is 4.67. The number of esters is 1. The third-order valence-electron chi connectivity index (χ3n) is 5.32. The summed E-state index contributed by atoms with van der Waals surface area (Å²) in [5.41, 5.74) is 1.21. The van der Waals surface area contributed by atoms with Crippen LogP contribution in [0.1, 0.15) is 16.1 Å². The number of carbonyl (C=O) groups is 1. The summed E-state index contributed by atoms with van der Waals surface area (Å²) in [6.45, 7) is -0.308. The van der Waals surface area contributed by atoms with Gasteiger partial charge < -0.3 is 9.47 Å². The van der Waals surface area contributed by atoms with E-state index < -0.39 is 30.6 Å². The van der Waals surface area contributed by atoms with Crippen LogP contribution in [-0.4, -0.2) is 64.7 Å². The summed E-state index contributed by atoms with van der Waals surface area (Å²) in [5.74, 6) is -1.43. The summed E-state index contributed by atoms with van der Waals surface area (Å²) < 4.78 is 65.6. The number of benzene rings is 1. The number of hydrogen-bond donors (Lipinski definition) is 0. The highest BCUT2D eigenvalue weighted by atomic mass is 19.4. The first-order chi connectivity index (χ1) is 15.2. The molecule has 0 saturated carbocycles. The molecule has 1 atom stereocenters. The molecule has 3 heterocycles. The van der Waals surface area contributed by atoms with Crippen molar-refractivity contribution in [2.45, 2.75) is 18.8 Å². The zero-order valence-electron chi connectivity index (χ0n) is 17.3. The van der Waals surface area contributed by atoms with E-state index in [1.54, 1.807) is 30.2 Å². The number of methoxy groups -OCH3 is 1. The number of halogens is 4. The van der Waals surface area contributed by atoms with Crippen molar-refractivity contribution in [3.8, 4) is 11.1 Å². The molecular formula is C21H20F4N4O3. The Hall–Kier alpha value is -3.05. The van der Waals surface area contributed by atoms with E-state index >= 15 is 4.39 Å². The van der Waals surface area contributed by atoms with Crippen molar-refractivity contribution in [2.75, 3.05) is 26.8 Å². The molecule has 0 spiro atoms. The van der Waals surface area contributed by atoms with Gasteiger partial charge in [-0.05, 0) is 11.6 Å². The standard InChI is InChI=1S/C21H20F4N4O3/c1-28-9-13(8-26-28)15-7-16(20(30)31-2)27-19-14(15)4-3-12(18(19)22)10-29-5-6-32-17(11-29)21(23,24)25/h3-4,7-9,17H,5-6,10-11H2,1-2H3. The Kier molecular flexibility index (Phi) is 5.87. The zero-order chi connectivity index (χ0) is 23.0. The third kappa shape index (κ3) is 4.30. The molecule has 11 heteroatoms. The van der Waals surface area contributed by atoms with Gasteiger partial charge in [-0.2, -0.15) is 18.3 Å². The van der Waals surface area contributed by atoms with Crippen molar-refractivity contribution in [1.82, 2.24) is 19.7 Å². The lowest BCUT2D eigenvalue weighted by Gasteiger charge is -2.33. The number of aromatic nitrogens is 3. The number of ether oxygens (including phenoxy) is 2. The molecule has 1 aromatic carbocycles. The fraction of sp³-hybridized carbons (Fsp3) is 0.381. The van der Waals surface area contributed by atoms with E-state index in [4.69, 9.17) is 9.47 Å². The molecular weight excluding hydrogens is 432 g/mol. The lowest BCUT2D eigenvalue weighted by Crippen LogP contribution is -2.48. The first-order valence-corrected chi connectivity index (χ1v) is 9.77. The molecule has 1 fully saturated rings. The van der Waals surface area contributed by atoms with Crippen molar-refractivity contribution in [3.05, 3.63) is 47.7 Å². The van der Waals surface area contributed by atoms with Gasteiger partial charge in [-0.1, -0.05) is 12.1 Å². The summed E-state index contributed by atoms with van der Waals surface area (Å²) in [7, 11) is 2.92. The van der Waals surface area contributed by atoms with E-state index in [-0.39, 0.29) is 36.5 Å². The Morgan fingerprint density at radius 2 is 2.12 bits per heavy atom. The predicted molar refractivity (Wildman–Crippen MR) is 106 cm³/mol. The molecule has 1 aliphatic rings. The maximum absolute atomic E-state index is 15.5. The summed E-state index contributed by atoms with van der Waals surface area (Å²) in [6.07, 6.45) is -3.11. The highest BCUT2D eigenvalue weighted by molar-refractivity contribution is 5.99. The van der Waals surface area contributed by atoms with E-state index in [2.05, 4.69) is 10.1 Å². The smallest absolute Gasteiger partial charge is 0.415 e. The minimum Gasteiger partial charge on any atom is -0.464 e. The number of rotatable bonds is 4. The number of carbonyl (C=O) groups excluding carboxylic acids is 1. The Labute approximate surface area is 180 Å². The maximum Gasteiger partial charge on any atom is 0.415 e. The monoisotopic (exact) mass is 452 g/mol. The average molecular weight is 452 g/mol. The van der Waals surface area contributed by atoms with E-state index in [0.717, 1.165) is 0 Å². The molecule has 0 N–H and O–H groups in total. The minimum absolute atomic E-state index is 0.0515. The highest BCUT2D eigenvalue weighted by Crippen LogP contribution is 2.32. The molecule has 7 nitrogen and oxygen atoms in total. The predicted octanol–water partition coefficient (Wildman–Crippen LogP) is 3.32. The van der Waals surface area contributed by atoms with Crippen LogP contribution in [0.15, 0.2) is 30.6 Å². The SMILES string of the molecule is COC(=O)c1cc(-c2cnn(C)c2)c2ccc(CN3CCOC(C(F)(F)F)C3)c(F)c2n1. The van der Waals surface area contributed by atoms with Crippen LogP contribution in [-0.2, 0) is 23.1 Å². The molecule has 0 bridgehead atoms. The molecule has 170 valence electrons. The van der Waals surface area contributed by atoms with Gasteiger partial charge >= 0.3 is 12.1 Å². The molecule has 0 radical (unpaired) electrons. The molecule has 1 aliphatic heterocycles. The van der Waals surface area contributed by atoms with Crippen LogP contribution >= 0.6 is 0 Å². The quantitative estimate of drug-likeness (QED) is 0.447. The topological polar surface area (TPSA) is 69.5 Å². The number of alkyl halides is 3. The van der Waals surface area contributed by atoms with Crippen LogP contribution < -0.4 is 0 Å². The Morgan fingerprint density at radius 3 is 2.78 bits per heavy atom. The van der Waals surface area contributed by atoms with Gasteiger partial charge in [0.05, 0.1) is 19.9 Å². The first kappa shape index (κ1) is 22.2. The van der Waals surface area contributed by atoms with Crippen LogP contribution in [0.25, 0.3) is 22.0 Å². The van der Waals surface area contributed by atoms with Crippen molar-refractivity contribution < 1.29 is 31.8 Å². The van der Waals surface area contributed by atoms with Gasteiger partial charge in [-0.25, -0.2) is 14.2 Å². The number of hydrogen-bond acceptors (Lipinski definition) is 6. The molecule has 1 unspecified atom stereocenters. The van der Waals surface area contributed by atoms with Crippen molar-refractivity contribution in [1.29, 1.82) is 0 Å². The van der Waals surface area contributed by atoms with Gasteiger partial charge in [0.25, 0.3) is 0 Å². The second-order valence-electron chi connectivity index (χ2n) is 7.52. The average Bonchev–Trinajstić information content (AvgIpc) is 3.20. The second-order valence-corrected chi connectivity index (χ2v) is 7.52. The van der Waals surface area contributed by atoms with Gasteiger partial charge in [0.1, 0.15) is 11.2 Å². The lowest BCUT2D eigenvalue weighted by molar-refractivity contribution is -0.237. The summed E-state index contributed by atoms with van der Waals surface area (Å²) >= 11 is 0. The van der Waals surface area contributed by atoms with Crippen LogP contribution in [0.4, 0.5) is 17.6 Å². The number of aryl methyl sites for hydroxylation is 1. The van der Waals surface area contributed by atoms with Gasteiger partial charge in [0.15, 0.2) is 11.9 Å². The number of fused-ring (bicyclic) bond motifs is 1. The van der Waals surface area contributed by atoms with Gasteiger partial charge in [-0.15, -0.1) is 0 Å². The maximum atomic E-state index is 15.5. The van der Waals surface area contributed by atoms with E-state index in [1.165, 1.54) is 24.1 Å². The van der Waals surface area contributed by atoms with Gasteiger partial charge in [-0.3, -0.25) is 9.58 Å². The van der Waals surface area contributed by atoms with Crippen LogP contribution in [0.2, 0.25) is 0 Å². The number of nitrogens with zero attached hydrogens (tertiary/aromatic N) is 4. The molecule has 3 aromatic rings.